The van der Waals surface area contributed by atoms with Crippen molar-refractivity contribution in [3.8, 4) is 11.5 Å². The van der Waals surface area contributed by atoms with Crippen LogP contribution in [0.2, 0.25) is 0 Å². The van der Waals surface area contributed by atoms with Crippen molar-refractivity contribution in [1.82, 2.24) is 0 Å². The first-order valence-corrected chi connectivity index (χ1v) is 8.84. The van der Waals surface area contributed by atoms with Gasteiger partial charge in [0, 0.05) is 5.69 Å². The SMILES string of the molecule is COc1ccc(C(=O)OCC(=O)Nc2ccc(C(=O)OC(C)C)cc2)cc1OC. The lowest BCUT2D eigenvalue weighted by molar-refractivity contribution is -0.119. The molecule has 0 atom stereocenters. The number of hydrogen-bond donors (Lipinski definition) is 1. The van der Waals surface area contributed by atoms with E-state index in [0.29, 0.717) is 22.7 Å². The number of carbonyl (C=O) groups is 3. The van der Waals surface area contributed by atoms with E-state index in [1.54, 1.807) is 32.0 Å². The molecule has 0 bridgehead atoms. The highest BCUT2D eigenvalue weighted by molar-refractivity contribution is 5.96. The molecule has 29 heavy (non-hydrogen) atoms. The van der Waals surface area contributed by atoms with E-state index in [9.17, 15) is 14.4 Å². The normalized spacial score (nSPS) is 10.2. The maximum atomic E-state index is 12.1. The quantitative estimate of drug-likeness (QED) is 0.679. The summed E-state index contributed by atoms with van der Waals surface area (Å²) < 4.78 is 20.4. The number of ether oxygens (including phenoxy) is 4. The minimum atomic E-state index is -0.673. The van der Waals surface area contributed by atoms with Crippen molar-refractivity contribution < 1.29 is 33.3 Å². The fourth-order valence-corrected chi connectivity index (χ4v) is 2.35. The Bertz CT molecular complexity index is 875. The van der Waals surface area contributed by atoms with Gasteiger partial charge in [0.25, 0.3) is 5.91 Å². The van der Waals surface area contributed by atoms with Crippen LogP contribution in [0.5, 0.6) is 11.5 Å². The molecule has 0 spiro atoms. The van der Waals surface area contributed by atoms with Crippen LogP contribution >= 0.6 is 0 Å². The lowest BCUT2D eigenvalue weighted by Gasteiger charge is -2.10. The molecule has 154 valence electrons. The van der Waals surface area contributed by atoms with Gasteiger partial charge < -0.3 is 24.3 Å². The zero-order valence-corrected chi connectivity index (χ0v) is 16.7. The molecule has 0 aliphatic rings. The van der Waals surface area contributed by atoms with Crippen LogP contribution in [0.25, 0.3) is 0 Å². The Balaban J connectivity index is 1.89. The molecule has 0 saturated heterocycles. The first-order chi connectivity index (χ1) is 13.8. The van der Waals surface area contributed by atoms with Crippen LogP contribution in [0.1, 0.15) is 34.6 Å². The lowest BCUT2D eigenvalue weighted by Crippen LogP contribution is -2.21. The van der Waals surface area contributed by atoms with Crippen molar-refractivity contribution in [2.24, 2.45) is 0 Å². The lowest BCUT2D eigenvalue weighted by atomic mass is 10.2. The van der Waals surface area contributed by atoms with Crippen molar-refractivity contribution in [2.45, 2.75) is 20.0 Å². The van der Waals surface area contributed by atoms with Crippen molar-refractivity contribution in [3.05, 3.63) is 53.6 Å². The predicted octanol–water partition coefficient (Wildman–Crippen LogP) is 3.06. The second kappa shape index (κ2) is 10.1. The van der Waals surface area contributed by atoms with E-state index in [2.05, 4.69) is 5.32 Å². The Labute approximate surface area is 168 Å². The zero-order chi connectivity index (χ0) is 21.4. The number of rotatable bonds is 8. The molecule has 0 aliphatic carbocycles. The van der Waals surface area contributed by atoms with Crippen LogP contribution in [0.3, 0.4) is 0 Å². The second-order valence-electron chi connectivity index (χ2n) is 6.23. The number of carbonyl (C=O) groups excluding carboxylic acids is 3. The van der Waals surface area contributed by atoms with Gasteiger partial charge in [-0.1, -0.05) is 0 Å². The van der Waals surface area contributed by atoms with Gasteiger partial charge in [0.15, 0.2) is 18.1 Å². The van der Waals surface area contributed by atoms with Gasteiger partial charge in [0.2, 0.25) is 0 Å². The molecule has 0 aromatic heterocycles. The summed E-state index contributed by atoms with van der Waals surface area (Å²) in [7, 11) is 2.94. The molecule has 1 amide bonds. The van der Waals surface area contributed by atoms with E-state index in [4.69, 9.17) is 18.9 Å². The van der Waals surface area contributed by atoms with E-state index in [0.717, 1.165) is 0 Å². The highest BCUT2D eigenvalue weighted by atomic mass is 16.5. The molecule has 8 nitrogen and oxygen atoms in total. The van der Waals surface area contributed by atoms with Gasteiger partial charge in [0.1, 0.15) is 0 Å². The average molecular weight is 401 g/mol. The Kier molecular flexibility index (Phi) is 7.59. The van der Waals surface area contributed by atoms with Crippen LogP contribution < -0.4 is 14.8 Å². The van der Waals surface area contributed by atoms with Gasteiger partial charge in [-0.2, -0.15) is 0 Å². The smallest absolute Gasteiger partial charge is 0.338 e. The Hall–Kier alpha value is -3.55. The zero-order valence-electron chi connectivity index (χ0n) is 16.7. The van der Waals surface area contributed by atoms with E-state index < -0.39 is 24.5 Å². The highest BCUT2D eigenvalue weighted by Crippen LogP contribution is 2.27. The largest absolute Gasteiger partial charge is 0.493 e. The first kappa shape index (κ1) is 21.7. The molecule has 0 heterocycles. The number of benzene rings is 2. The summed E-state index contributed by atoms with van der Waals surface area (Å²) in [6.07, 6.45) is -0.220. The monoisotopic (exact) mass is 401 g/mol. The third kappa shape index (κ3) is 6.24. The maximum Gasteiger partial charge on any atom is 0.338 e. The Morgan fingerprint density at radius 1 is 0.862 bits per heavy atom. The van der Waals surface area contributed by atoms with E-state index in [1.165, 1.54) is 38.5 Å². The van der Waals surface area contributed by atoms with Gasteiger partial charge in [-0.3, -0.25) is 4.79 Å². The second-order valence-corrected chi connectivity index (χ2v) is 6.23. The molecule has 0 fully saturated rings. The van der Waals surface area contributed by atoms with Gasteiger partial charge in [-0.25, -0.2) is 9.59 Å². The number of nitrogens with one attached hydrogen (secondary N) is 1. The molecule has 0 aliphatic heterocycles. The van der Waals surface area contributed by atoms with E-state index in [-0.39, 0.29) is 11.7 Å². The van der Waals surface area contributed by atoms with Crippen LogP contribution in [0, 0.1) is 0 Å². The summed E-state index contributed by atoms with van der Waals surface area (Å²) in [6.45, 7) is 3.05. The first-order valence-electron chi connectivity index (χ1n) is 8.84. The summed E-state index contributed by atoms with van der Waals surface area (Å²) >= 11 is 0. The molecule has 1 N–H and O–H groups in total. The fraction of sp³-hybridized carbons (Fsp3) is 0.286. The predicted molar refractivity (Wildman–Crippen MR) is 105 cm³/mol. The van der Waals surface area contributed by atoms with Gasteiger partial charge in [-0.15, -0.1) is 0 Å². The Morgan fingerprint density at radius 3 is 2.07 bits per heavy atom. The number of esters is 2. The number of anilines is 1. The molecule has 0 unspecified atom stereocenters. The van der Waals surface area contributed by atoms with Crippen LogP contribution in [0.15, 0.2) is 42.5 Å². The van der Waals surface area contributed by atoms with Crippen molar-refractivity contribution in [2.75, 3.05) is 26.1 Å². The number of methoxy groups -OCH3 is 2. The van der Waals surface area contributed by atoms with Gasteiger partial charge in [0.05, 0.1) is 31.5 Å². The molecule has 0 saturated carbocycles. The maximum absolute atomic E-state index is 12.1. The third-order valence-electron chi connectivity index (χ3n) is 3.70. The van der Waals surface area contributed by atoms with Crippen LogP contribution in [0.4, 0.5) is 5.69 Å². The van der Waals surface area contributed by atoms with Crippen molar-refractivity contribution >= 4 is 23.5 Å². The molecule has 8 heteroatoms. The average Bonchev–Trinajstić information content (AvgIpc) is 2.71. The highest BCUT2D eigenvalue weighted by Gasteiger charge is 2.14. The minimum absolute atomic E-state index is 0.220. The minimum Gasteiger partial charge on any atom is -0.493 e. The van der Waals surface area contributed by atoms with Crippen molar-refractivity contribution in [3.63, 3.8) is 0 Å². The molecule has 2 aromatic carbocycles. The summed E-state index contributed by atoms with van der Waals surface area (Å²) in [5, 5.41) is 2.58. The van der Waals surface area contributed by atoms with Crippen LogP contribution in [-0.2, 0) is 14.3 Å². The van der Waals surface area contributed by atoms with Gasteiger partial charge >= 0.3 is 11.9 Å². The molecular formula is C21H23NO7. The van der Waals surface area contributed by atoms with E-state index >= 15 is 0 Å². The standard InChI is InChI=1S/C21H23NO7/c1-13(2)29-21(25)14-5-8-16(9-6-14)22-19(23)12-28-20(24)15-7-10-17(26-3)18(11-15)27-4/h5-11,13H,12H2,1-4H3,(H,22,23). The van der Waals surface area contributed by atoms with Crippen LogP contribution in [-0.4, -0.2) is 44.8 Å². The molecular weight excluding hydrogens is 378 g/mol. The van der Waals surface area contributed by atoms with Crippen molar-refractivity contribution in [1.29, 1.82) is 0 Å². The Morgan fingerprint density at radius 2 is 1.48 bits per heavy atom. The fourth-order valence-electron chi connectivity index (χ4n) is 2.35. The van der Waals surface area contributed by atoms with Gasteiger partial charge in [-0.05, 0) is 56.3 Å². The summed E-state index contributed by atoms with van der Waals surface area (Å²) in [5.41, 5.74) is 1.05. The molecule has 2 rings (SSSR count). The number of amides is 1. The molecule has 0 radical (unpaired) electrons. The summed E-state index contributed by atoms with van der Waals surface area (Å²) in [5.74, 6) is -0.782. The summed E-state index contributed by atoms with van der Waals surface area (Å²) in [6, 6.07) is 10.7. The number of hydrogen-bond acceptors (Lipinski definition) is 7. The third-order valence-corrected chi connectivity index (χ3v) is 3.70. The van der Waals surface area contributed by atoms with E-state index in [1.807, 2.05) is 0 Å². The topological polar surface area (TPSA) is 100 Å². The summed E-state index contributed by atoms with van der Waals surface area (Å²) in [4.78, 5) is 35.9. The molecule has 2 aromatic rings.